The van der Waals surface area contributed by atoms with E-state index in [9.17, 15) is 8.42 Å². The lowest BCUT2D eigenvalue weighted by molar-refractivity contribution is 0.429. The maximum Gasteiger partial charge on any atom is 0.243 e. The largest absolute Gasteiger partial charge is 0.368 e. The van der Waals surface area contributed by atoms with Gasteiger partial charge in [-0.3, -0.25) is 0 Å². The summed E-state index contributed by atoms with van der Waals surface area (Å²) in [7, 11) is -3.52. The van der Waals surface area contributed by atoms with Crippen LogP contribution < -0.4 is 5.73 Å². The van der Waals surface area contributed by atoms with Gasteiger partial charge in [0, 0.05) is 18.3 Å². The summed E-state index contributed by atoms with van der Waals surface area (Å²) in [5, 5.41) is 0. The maximum absolute atomic E-state index is 12.6. The molecule has 0 fully saturated rings. The van der Waals surface area contributed by atoms with Gasteiger partial charge in [0.1, 0.15) is 0 Å². The second-order valence-electron chi connectivity index (χ2n) is 4.79. The van der Waals surface area contributed by atoms with E-state index in [2.05, 4.69) is 9.97 Å². The van der Waals surface area contributed by atoms with Crippen LogP contribution in [0, 0.1) is 6.92 Å². The molecule has 6 nitrogen and oxygen atoms in total. The van der Waals surface area contributed by atoms with Crippen molar-refractivity contribution in [1.82, 2.24) is 14.3 Å². The minimum atomic E-state index is -3.52. The van der Waals surface area contributed by atoms with E-state index in [-0.39, 0.29) is 19.0 Å². The molecular formula is C13H14N4O2S. The first kappa shape index (κ1) is 13.0. The van der Waals surface area contributed by atoms with Crippen LogP contribution in [-0.2, 0) is 23.1 Å². The van der Waals surface area contributed by atoms with Gasteiger partial charge in [-0.25, -0.2) is 18.4 Å². The Morgan fingerprint density at radius 3 is 2.85 bits per heavy atom. The summed E-state index contributed by atoms with van der Waals surface area (Å²) in [6.07, 6.45) is 1.59. The zero-order valence-corrected chi connectivity index (χ0v) is 11.8. The zero-order valence-electron chi connectivity index (χ0n) is 10.9. The summed E-state index contributed by atoms with van der Waals surface area (Å²) in [5.74, 6) is 0.165. The van der Waals surface area contributed by atoms with Crippen LogP contribution in [0.5, 0.6) is 0 Å². The van der Waals surface area contributed by atoms with Crippen molar-refractivity contribution < 1.29 is 8.42 Å². The average molecular weight is 290 g/mol. The van der Waals surface area contributed by atoms with Gasteiger partial charge in [0.25, 0.3) is 0 Å². The van der Waals surface area contributed by atoms with E-state index >= 15 is 0 Å². The van der Waals surface area contributed by atoms with Crippen LogP contribution in [0.15, 0.2) is 35.4 Å². The van der Waals surface area contributed by atoms with E-state index in [4.69, 9.17) is 5.73 Å². The summed E-state index contributed by atoms with van der Waals surface area (Å²) in [6.45, 7) is 2.38. The van der Waals surface area contributed by atoms with Crippen LogP contribution in [0.1, 0.15) is 16.8 Å². The molecule has 0 atom stereocenters. The molecule has 20 heavy (non-hydrogen) atoms. The Morgan fingerprint density at radius 2 is 2.10 bits per heavy atom. The molecule has 3 rings (SSSR count). The number of fused-ring (bicyclic) bond motifs is 1. The smallest absolute Gasteiger partial charge is 0.243 e. The van der Waals surface area contributed by atoms with Gasteiger partial charge in [-0.2, -0.15) is 4.31 Å². The molecule has 1 aliphatic rings. The number of benzene rings is 1. The van der Waals surface area contributed by atoms with Crippen molar-refractivity contribution in [2.75, 3.05) is 5.73 Å². The number of anilines is 1. The molecule has 7 heteroatoms. The highest BCUT2D eigenvalue weighted by Crippen LogP contribution is 2.27. The van der Waals surface area contributed by atoms with Crippen molar-refractivity contribution in [3.05, 3.63) is 47.3 Å². The van der Waals surface area contributed by atoms with Crippen LogP contribution in [0.3, 0.4) is 0 Å². The molecule has 0 saturated heterocycles. The van der Waals surface area contributed by atoms with Gasteiger partial charge in [-0.15, -0.1) is 0 Å². The van der Waals surface area contributed by atoms with Crippen LogP contribution in [-0.4, -0.2) is 22.7 Å². The third-order valence-corrected chi connectivity index (χ3v) is 5.06. The fourth-order valence-electron chi connectivity index (χ4n) is 2.23. The van der Waals surface area contributed by atoms with Gasteiger partial charge in [-0.1, -0.05) is 12.1 Å². The van der Waals surface area contributed by atoms with E-state index in [1.807, 2.05) is 13.0 Å². The molecule has 2 N–H and O–H groups in total. The Balaban J connectivity index is 1.95. The Hall–Kier alpha value is -1.99. The van der Waals surface area contributed by atoms with Crippen LogP contribution in [0.2, 0.25) is 0 Å². The summed E-state index contributed by atoms with van der Waals surface area (Å²) in [5.41, 5.74) is 7.91. The van der Waals surface area contributed by atoms with Crippen molar-refractivity contribution in [2.45, 2.75) is 24.9 Å². The van der Waals surface area contributed by atoms with Crippen LogP contribution in [0.25, 0.3) is 0 Å². The number of hydrogen-bond acceptors (Lipinski definition) is 5. The number of rotatable bonds is 2. The predicted octanol–water partition coefficient (Wildman–Crippen LogP) is 1.07. The fraction of sp³-hybridized carbons (Fsp3) is 0.231. The standard InChI is InChI=1S/C13H14N4O2S/c1-9-3-2-4-11(5-9)20(18,19)17-7-10-6-15-13(14)16-12(10)8-17/h2-6H,7-8H2,1H3,(H2,14,15,16). The first-order chi connectivity index (χ1) is 9.46. The Morgan fingerprint density at radius 1 is 1.30 bits per heavy atom. The molecule has 1 aromatic carbocycles. The van der Waals surface area contributed by atoms with Gasteiger partial charge >= 0.3 is 0 Å². The third kappa shape index (κ3) is 2.14. The minimum Gasteiger partial charge on any atom is -0.368 e. The molecule has 1 aliphatic heterocycles. The Bertz CT molecular complexity index is 774. The molecule has 2 aromatic rings. The molecular weight excluding hydrogens is 276 g/mol. The summed E-state index contributed by atoms with van der Waals surface area (Å²) in [4.78, 5) is 8.29. The maximum atomic E-state index is 12.6. The molecule has 2 heterocycles. The summed E-state index contributed by atoms with van der Waals surface area (Å²) in [6, 6.07) is 6.87. The SMILES string of the molecule is Cc1cccc(S(=O)(=O)N2Cc3cnc(N)nc3C2)c1. The zero-order chi connectivity index (χ0) is 14.3. The van der Waals surface area contributed by atoms with E-state index in [1.165, 1.54) is 4.31 Å². The van der Waals surface area contributed by atoms with Gasteiger partial charge in [-0.05, 0) is 24.6 Å². The van der Waals surface area contributed by atoms with Crippen LogP contribution >= 0.6 is 0 Å². The topological polar surface area (TPSA) is 89.2 Å². The van der Waals surface area contributed by atoms with Crippen LogP contribution in [0.4, 0.5) is 5.95 Å². The molecule has 104 valence electrons. The van der Waals surface area contributed by atoms with Crippen molar-refractivity contribution in [2.24, 2.45) is 0 Å². The van der Waals surface area contributed by atoms with Crippen molar-refractivity contribution in [3.63, 3.8) is 0 Å². The molecule has 0 spiro atoms. The Labute approximate surface area is 117 Å². The van der Waals surface area contributed by atoms with E-state index in [0.29, 0.717) is 10.6 Å². The molecule has 0 unspecified atom stereocenters. The number of aromatic nitrogens is 2. The number of nitrogens with two attached hydrogens (primary N) is 1. The second kappa shape index (κ2) is 4.53. The molecule has 0 saturated carbocycles. The highest BCUT2D eigenvalue weighted by Gasteiger charge is 2.31. The number of aryl methyl sites for hydroxylation is 1. The quantitative estimate of drug-likeness (QED) is 0.893. The molecule has 1 aromatic heterocycles. The van der Waals surface area contributed by atoms with Crippen molar-refractivity contribution >= 4 is 16.0 Å². The van der Waals surface area contributed by atoms with Gasteiger partial charge < -0.3 is 5.73 Å². The first-order valence-corrected chi connectivity index (χ1v) is 7.58. The van der Waals surface area contributed by atoms with E-state index in [1.54, 1.807) is 24.4 Å². The highest BCUT2D eigenvalue weighted by molar-refractivity contribution is 7.89. The molecule has 0 bridgehead atoms. The third-order valence-electron chi connectivity index (χ3n) is 3.27. The molecule has 0 radical (unpaired) electrons. The lowest BCUT2D eigenvalue weighted by Gasteiger charge is -2.15. The molecule has 0 amide bonds. The number of nitrogens with zero attached hydrogens (tertiary/aromatic N) is 3. The minimum absolute atomic E-state index is 0.165. The average Bonchev–Trinajstić information content (AvgIpc) is 2.82. The number of nitrogen functional groups attached to an aromatic ring is 1. The van der Waals surface area contributed by atoms with Gasteiger partial charge in [0.2, 0.25) is 16.0 Å². The van der Waals surface area contributed by atoms with Gasteiger partial charge in [0.15, 0.2) is 0 Å². The van der Waals surface area contributed by atoms with Crippen molar-refractivity contribution in [3.8, 4) is 0 Å². The number of hydrogen-bond donors (Lipinski definition) is 1. The number of sulfonamides is 1. The fourth-order valence-corrected chi connectivity index (χ4v) is 3.72. The lowest BCUT2D eigenvalue weighted by atomic mass is 10.2. The monoisotopic (exact) mass is 290 g/mol. The predicted molar refractivity (Wildman–Crippen MR) is 74.1 cm³/mol. The Kier molecular flexibility index (Phi) is 2.95. The first-order valence-electron chi connectivity index (χ1n) is 6.14. The lowest BCUT2D eigenvalue weighted by Crippen LogP contribution is -2.25. The molecule has 0 aliphatic carbocycles. The highest BCUT2D eigenvalue weighted by atomic mass is 32.2. The van der Waals surface area contributed by atoms with E-state index in [0.717, 1.165) is 11.1 Å². The summed E-state index contributed by atoms with van der Waals surface area (Å²) >= 11 is 0. The van der Waals surface area contributed by atoms with Crippen molar-refractivity contribution in [1.29, 1.82) is 0 Å². The van der Waals surface area contributed by atoms with E-state index < -0.39 is 10.0 Å². The van der Waals surface area contributed by atoms with Gasteiger partial charge in [0.05, 0.1) is 17.1 Å². The summed E-state index contributed by atoms with van der Waals surface area (Å²) < 4.78 is 26.6. The second-order valence-corrected chi connectivity index (χ2v) is 6.73. The normalized spacial score (nSPS) is 15.2.